The van der Waals surface area contributed by atoms with Crippen molar-refractivity contribution >= 4 is 22.7 Å². The summed E-state index contributed by atoms with van der Waals surface area (Å²) in [4.78, 5) is 3.83. The number of ether oxygens (including phenoxy) is 1. The Kier molecular flexibility index (Phi) is 2.88. The minimum atomic E-state index is 0.735. The molecule has 0 aliphatic carbocycles. The number of nitrogens with zero attached hydrogens (tertiary/aromatic N) is 1. The van der Waals surface area contributed by atoms with E-state index in [-0.39, 0.29) is 0 Å². The van der Waals surface area contributed by atoms with Crippen molar-refractivity contribution in [1.29, 1.82) is 0 Å². The minimum absolute atomic E-state index is 0.735. The predicted molar refractivity (Wildman–Crippen MR) is 76.5 cm³/mol. The molecule has 1 aromatic heterocycles. The van der Waals surface area contributed by atoms with Gasteiger partial charge in [0.2, 0.25) is 0 Å². The molecule has 3 nitrogen and oxygen atoms in total. The second-order valence-corrected chi connectivity index (χ2v) is 5.43. The summed E-state index contributed by atoms with van der Waals surface area (Å²) in [5.41, 5.74) is 9.39. The molecule has 94 valence electrons. The summed E-state index contributed by atoms with van der Waals surface area (Å²) in [5.74, 6) is 0.753. The average molecular weight is 260 g/mol. The van der Waals surface area contributed by atoms with Crippen molar-refractivity contribution in [3.8, 4) is 5.75 Å². The second-order valence-electron chi connectivity index (χ2n) is 4.43. The van der Waals surface area contributed by atoms with Crippen molar-refractivity contribution in [3.63, 3.8) is 0 Å². The maximum Gasteiger partial charge on any atom is 0.143 e. The molecule has 0 bridgehead atoms. The van der Waals surface area contributed by atoms with Crippen molar-refractivity contribution in [1.82, 2.24) is 0 Å². The lowest BCUT2D eigenvalue weighted by Gasteiger charge is -2.30. The van der Waals surface area contributed by atoms with E-state index in [2.05, 4.69) is 22.4 Å². The Morgan fingerprint density at radius 3 is 3.06 bits per heavy atom. The summed E-state index contributed by atoms with van der Waals surface area (Å²) in [6.07, 6.45) is 1.10. The van der Waals surface area contributed by atoms with Crippen molar-refractivity contribution in [2.45, 2.75) is 13.0 Å². The van der Waals surface area contributed by atoms with Crippen LogP contribution < -0.4 is 15.4 Å². The van der Waals surface area contributed by atoms with Crippen LogP contribution in [0.25, 0.3) is 0 Å². The van der Waals surface area contributed by atoms with Crippen molar-refractivity contribution in [2.24, 2.45) is 0 Å². The molecular weight excluding hydrogens is 244 g/mol. The molecule has 0 unspecified atom stereocenters. The zero-order valence-corrected chi connectivity index (χ0v) is 11.2. The lowest BCUT2D eigenvalue weighted by Crippen LogP contribution is -2.30. The molecule has 0 spiro atoms. The molecule has 0 saturated heterocycles. The van der Waals surface area contributed by atoms with Crippen molar-refractivity contribution in [3.05, 3.63) is 40.1 Å². The highest BCUT2D eigenvalue weighted by atomic mass is 32.1. The van der Waals surface area contributed by atoms with Gasteiger partial charge in [-0.25, -0.2) is 0 Å². The summed E-state index contributed by atoms with van der Waals surface area (Å²) in [6, 6.07) is 8.17. The fraction of sp³-hybridized carbons (Fsp3) is 0.286. The highest BCUT2D eigenvalue weighted by Gasteiger charge is 2.19. The Labute approximate surface area is 111 Å². The lowest BCUT2D eigenvalue weighted by atomic mass is 10.1. The maximum atomic E-state index is 6.16. The van der Waals surface area contributed by atoms with Crippen LogP contribution in [0.4, 0.5) is 11.4 Å². The molecule has 0 amide bonds. The predicted octanol–water partition coefficient (Wildman–Crippen LogP) is 2.90. The summed E-state index contributed by atoms with van der Waals surface area (Å²) in [7, 11) is 1.66. The third kappa shape index (κ3) is 1.82. The SMILES string of the molecule is COc1cccc(N2CCc3sccc3C2)c1N. The number of benzene rings is 1. The number of hydrogen-bond donors (Lipinski definition) is 1. The number of thiophene rings is 1. The molecule has 3 rings (SSSR count). The highest BCUT2D eigenvalue weighted by Crippen LogP contribution is 2.35. The molecule has 0 radical (unpaired) electrons. The molecule has 4 heteroatoms. The standard InChI is InChI=1S/C14H16N2OS/c1-17-12-4-2-3-11(14(12)15)16-7-5-13-10(9-16)6-8-18-13/h2-4,6,8H,5,7,9,15H2,1H3. The number of para-hydroxylation sites is 1. The Morgan fingerprint density at radius 2 is 2.22 bits per heavy atom. The first kappa shape index (κ1) is 11.4. The van der Waals surface area contributed by atoms with E-state index < -0.39 is 0 Å². The molecule has 1 aromatic carbocycles. The maximum absolute atomic E-state index is 6.16. The number of nitrogen functional groups attached to an aromatic ring is 1. The number of fused-ring (bicyclic) bond motifs is 1. The fourth-order valence-corrected chi connectivity index (χ4v) is 3.33. The van der Waals surface area contributed by atoms with E-state index >= 15 is 0 Å². The van der Waals surface area contributed by atoms with Crippen molar-refractivity contribution in [2.75, 3.05) is 24.3 Å². The van der Waals surface area contributed by atoms with Crippen LogP contribution in [0.1, 0.15) is 10.4 Å². The Balaban J connectivity index is 1.93. The van der Waals surface area contributed by atoms with Gasteiger partial charge in [0.1, 0.15) is 5.75 Å². The van der Waals surface area contributed by atoms with Gasteiger partial charge in [-0.05, 0) is 35.6 Å². The van der Waals surface area contributed by atoms with Crippen LogP contribution in [0.5, 0.6) is 5.75 Å². The number of anilines is 2. The van der Waals surface area contributed by atoms with Crippen LogP contribution in [-0.4, -0.2) is 13.7 Å². The number of hydrogen-bond acceptors (Lipinski definition) is 4. The molecule has 1 aliphatic rings. The number of rotatable bonds is 2. The zero-order chi connectivity index (χ0) is 12.5. The Morgan fingerprint density at radius 1 is 1.33 bits per heavy atom. The number of methoxy groups -OCH3 is 1. The van der Waals surface area contributed by atoms with Crippen LogP contribution in [0, 0.1) is 0 Å². The van der Waals surface area contributed by atoms with Gasteiger partial charge in [0, 0.05) is 18.0 Å². The average Bonchev–Trinajstić information content (AvgIpc) is 2.86. The molecule has 2 heterocycles. The third-order valence-electron chi connectivity index (χ3n) is 3.41. The van der Waals surface area contributed by atoms with Crippen molar-refractivity contribution < 1.29 is 4.74 Å². The molecule has 0 fully saturated rings. The molecule has 0 saturated carbocycles. The van der Waals surface area contributed by atoms with Gasteiger partial charge in [-0.3, -0.25) is 0 Å². The first-order valence-electron chi connectivity index (χ1n) is 6.02. The van der Waals surface area contributed by atoms with Crippen LogP contribution >= 0.6 is 11.3 Å². The van der Waals surface area contributed by atoms with Gasteiger partial charge in [-0.2, -0.15) is 0 Å². The quantitative estimate of drug-likeness (QED) is 0.844. The summed E-state index contributed by atoms with van der Waals surface area (Å²) in [6.45, 7) is 1.96. The normalized spacial score (nSPS) is 14.4. The summed E-state index contributed by atoms with van der Waals surface area (Å²) in [5, 5.41) is 2.17. The molecule has 18 heavy (non-hydrogen) atoms. The fourth-order valence-electron chi connectivity index (χ4n) is 2.44. The van der Waals surface area contributed by atoms with E-state index in [1.807, 2.05) is 23.5 Å². The van der Waals surface area contributed by atoms with Crippen LogP contribution in [-0.2, 0) is 13.0 Å². The molecule has 2 aromatic rings. The largest absolute Gasteiger partial charge is 0.495 e. The smallest absolute Gasteiger partial charge is 0.143 e. The van der Waals surface area contributed by atoms with Gasteiger partial charge in [0.05, 0.1) is 18.5 Å². The first-order valence-corrected chi connectivity index (χ1v) is 6.90. The van der Waals surface area contributed by atoms with E-state index in [0.29, 0.717) is 0 Å². The van der Waals surface area contributed by atoms with E-state index in [9.17, 15) is 0 Å². The Bertz CT molecular complexity index is 565. The van der Waals surface area contributed by atoms with Crippen LogP contribution in [0.2, 0.25) is 0 Å². The topological polar surface area (TPSA) is 38.5 Å². The lowest BCUT2D eigenvalue weighted by molar-refractivity contribution is 0.417. The van der Waals surface area contributed by atoms with Gasteiger partial charge in [0.15, 0.2) is 0 Å². The molecule has 0 atom stereocenters. The Hall–Kier alpha value is -1.68. The van der Waals surface area contributed by atoms with E-state index in [1.54, 1.807) is 7.11 Å². The first-order chi connectivity index (χ1) is 8.79. The van der Waals surface area contributed by atoms with Gasteiger partial charge in [-0.1, -0.05) is 6.07 Å². The summed E-state index contributed by atoms with van der Waals surface area (Å²) >= 11 is 1.85. The van der Waals surface area contributed by atoms with Gasteiger partial charge in [0.25, 0.3) is 0 Å². The summed E-state index contributed by atoms with van der Waals surface area (Å²) < 4.78 is 5.28. The molecular formula is C14H16N2OS. The van der Waals surface area contributed by atoms with Gasteiger partial charge < -0.3 is 15.4 Å². The zero-order valence-electron chi connectivity index (χ0n) is 10.3. The monoisotopic (exact) mass is 260 g/mol. The van der Waals surface area contributed by atoms with E-state index in [1.165, 1.54) is 10.4 Å². The third-order valence-corrected chi connectivity index (χ3v) is 4.43. The molecule has 2 N–H and O–H groups in total. The van der Waals surface area contributed by atoms with E-state index in [4.69, 9.17) is 10.5 Å². The van der Waals surface area contributed by atoms with Gasteiger partial charge >= 0.3 is 0 Å². The van der Waals surface area contributed by atoms with Gasteiger partial charge in [-0.15, -0.1) is 11.3 Å². The van der Waals surface area contributed by atoms with Crippen LogP contribution in [0.3, 0.4) is 0 Å². The molecule has 1 aliphatic heterocycles. The van der Waals surface area contributed by atoms with Crippen LogP contribution in [0.15, 0.2) is 29.6 Å². The van der Waals surface area contributed by atoms with E-state index in [0.717, 1.165) is 36.6 Å². The number of nitrogens with two attached hydrogens (primary N) is 1. The minimum Gasteiger partial charge on any atom is -0.495 e. The second kappa shape index (κ2) is 4.53. The highest BCUT2D eigenvalue weighted by molar-refractivity contribution is 7.10.